The van der Waals surface area contributed by atoms with E-state index in [9.17, 15) is 18.0 Å². The van der Waals surface area contributed by atoms with Crippen LogP contribution < -0.4 is 0 Å². The van der Waals surface area contributed by atoms with E-state index in [-0.39, 0.29) is 24.1 Å². The molecule has 2 heterocycles. The van der Waals surface area contributed by atoms with Gasteiger partial charge in [-0.1, -0.05) is 6.42 Å². The molecule has 0 aromatic carbocycles. The molecule has 0 spiro atoms. The molecule has 0 bridgehead atoms. The van der Waals surface area contributed by atoms with Gasteiger partial charge in [-0.3, -0.25) is 9.59 Å². The molecule has 0 aromatic heterocycles. The summed E-state index contributed by atoms with van der Waals surface area (Å²) in [6, 6.07) is -0.125. The highest BCUT2D eigenvalue weighted by Gasteiger charge is 2.39. The lowest BCUT2D eigenvalue weighted by Crippen LogP contribution is -2.51. The maximum atomic E-state index is 12.6. The Morgan fingerprint density at radius 1 is 1.10 bits per heavy atom. The minimum absolute atomic E-state index is 0.0197. The quantitative estimate of drug-likeness (QED) is 0.841. The maximum absolute atomic E-state index is 12.6. The largest absolute Gasteiger partial charge is 0.481 e. The van der Waals surface area contributed by atoms with Crippen molar-refractivity contribution in [3.63, 3.8) is 0 Å². The van der Waals surface area contributed by atoms with Crippen molar-refractivity contribution in [3.05, 3.63) is 0 Å². The zero-order chi connectivity index (χ0) is 15.5. The van der Waals surface area contributed by atoms with Crippen LogP contribution in [0.3, 0.4) is 0 Å². The number of piperidine rings is 1. The lowest BCUT2D eigenvalue weighted by atomic mass is 9.97. The van der Waals surface area contributed by atoms with Crippen molar-refractivity contribution in [2.75, 3.05) is 12.3 Å². The Balaban J connectivity index is 2.09. The van der Waals surface area contributed by atoms with Gasteiger partial charge in [0, 0.05) is 19.0 Å². The molecule has 2 aliphatic rings. The molecule has 1 N–H and O–H groups in total. The summed E-state index contributed by atoms with van der Waals surface area (Å²) in [4.78, 5) is 25.0. The standard InChI is InChI=1S/C14H23NO5S/c16-13(17)8-7-11-5-1-3-9-15(11)14(18)12-6-2-4-10-21(12,19)20/h11-12H,1-10H2,(H,16,17). The van der Waals surface area contributed by atoms with Crippen LogP contribution in [0.25, 0.3) is 0 Å². The molecular weight excluding hydrogens is 294 g/mol. The third kappa shape index (κ3) is 3.96. The maximum Gasteiger partial charge on any atom is 0.303 e. The molecule has 2 atom stereocenters. The molecule has 6 nitrogen and oxygen atoms in total. The Bertz CT molecular complexity index is 501. The van der Waals surface area contributed by atoms with Crippen LogP contribution in [0.4, 0.5) is 0 Å². The summed E-state index contributed by atoms with van der Waals surface area (Å²) < 4.78 is 24.2. The monoisotopic (exact) mass is 317 g/mol. The van der Waals surface area contributed by atoms with E-state index in [4.69, 9.17) is 5.11 Å². The van der Waals surface area contributed by atoms with Gasteiger partial charge in [-0.15, -0.1) is 0 Å². The molecule has 0 radical (unpaired) electrons. The zero-order valence-corrected chi connectivity index (χ0v) is 13.0. The van der Waals surface area contributed by atoms with Crippen LogP contribution in [0.1, 0.15) is 51.4 Å². The van der Waals surface area contributed by atoms with Gasteiger partial charge in [0.05, 0.1) is 5.75 Å². The van der Waals surface area contributed by atoms with Crippen LogP contribution in [0.5, 0.6) is 0 Å². The van der Waals surface area contributed by atoms with Gasteiger partial charge in [-0.25, -0.2) is 8.42 Å². The van der Waals surface area contributed by atoms with E-state index in [0.29, 0.717) is 25.8 Å². The van der Waals surface area contributed by atoms with E-state index < -0.39 is 21.1 Å². The topological polar surface area (TPSA) is 91.8 Å². The fourth-order valence-electron chi connectivity index (χ4n) is 3.30. The van der Waals surface area contributed by atoms with Crippen LogP contribution in [0.15, 0.2) is 0 Å². The lowest BCUT2D eigenvalue weighted by molar-refractivity contribution is -0.140. The van der Waals surface area contributed by atoms with Gasteiger partial charge in [0.2, 0.25) is 5.91 Å². The minimum atomic E-state index is -3.33. The van der Waals surface area contributed by atoms with Gasteiger partial charge in [-0.05, 0) is 38.5 Å². The number of amides is 1. The number of hydrogen-bond acceptors (Lipinski definition) is 4. The van der Waals surface area contributed by atoms with Gasteiger partial charge >= 0.3 is 5.97 Å². The first-order chi connectivity index (χ1) is 9.92. The number of carboxylic acid groups (broad SMARTS) is 1. The molecule has 2 saturated heterocycles. The molecule has 2 fully saturated rings. The van der Waals surface area contributed by atoms with Crippen molar-refractivity contribution in [3.8, 4) is 0 Å². The van der Waals surface area contributed by atoms with Crippen molar-refractivity contribution in [2.45, 2.75) is 62.7 Å². The number of aliphatic carboxylic acids is 1. The van der Waals surface area contributed by atoms with Crippen molar-refractivity contribution < 1.29 is 23.1 Å². The minimum Gasteiger partial charge on any atom is -0.481 e. The number of sulfone groups is 1. The summed E-state index contributed by atoms with van der Waals surface area (Å²) in [6.07, 6.45) is 4.83. The van der Waals surface area contributed by atoms with Crippen molar-refractivity contribution >= 4 is 21.7 Å². The van der Waals surface area contributed by atoms with Crippen molar-refractivity contribution in [1.82, 2.24) is 4.90 Å². The van der Waals surface area contributed by atoms with Crippen LogP contribution in [0.2, 0.25) is 0 Å². The van der Waals surface area contributed by atoms with Crippen molar-refractivity contribution in [2.24, 2.45) is 0 Å². The molecule has 2 aliphatic heterocycles. The summed E-state index contributed by atoms with van der Waals surface area (Å²) in [7, 11) is -3.33. The number of nitrogens with zero attached hydrogens (tertiary/aromatic N) is 1. The summed E-state index contributed by atoms with van der Waals surface area (Å²) in [5.74, 6) is -1.08. The first kappa shape index (κ1) is 16.3. The van der Waals surface area contributed by atoms with Gasteiger partial charge in [0.1, 0.15) is 5.25 Å². The van der Waals surface area contributed by atoms with Crippen molar-refractivity contribution in [1.29, 1.82) is 0 Å². The Morgan fingerprint density at radius 2 is 1.81 bits per heavy atom. The predicted octanol–water partition coefficient (Wildman–Crippen LogP) is 1.20. The molecule has 0 aliphatic carbocycles. The Kier molecular flexibility index (Phi) is 5.24. The second kappa shape index (κ2) is 6.77. The molecule has 120 valence electrons. The van der Waals surface area contributed by atoms with Gasteiger partial charge in [0.25, 0.3) is 0 Å². The molecular formula is C14H23NO5S. The summed E-state index contributed by atoms with van der Waals surface area (Å²) in [5.41, 5.74) is 0. The highest BCUT2D eigenvalue weighted by Crippen LogP contribution is 2.27. The number of carbonyl (C=O) groups is 2. The van der Waals surface area contributed by atoms with Crippen LogP contribution in [0, 0.1) is 0 Å². The fraction of sp³-hybridized carbons (Fsp3) is 0.857. The van der Waals surface area contributed by atoms with E-state index in [2.05, 4.69) is 0 Å². The smallest absolute Gasteiger partial charge is 0.303 e. The number of hydrogen-bond donors (Lipinski definition) is 1. The second-order valence-electron chi connectivity index (χ2n) is 5.97. The SMILES string of the molecule is O=C(O)CCC1CCCCN1C(=O)C1CCCCS1(=O)=O. The Hall–Kier alpha value is -1.11. The average Bonchev–Trinajstić information content (AvgIpc) is 2.44. The molecule has 7 heteroatoms. The fourth-order valence-corrected chi connectivity index (χ4v) is 5.16. The predicted molar refractivity (Wildman–Crippen MR) is 77.6 cm³/mol. The number of carbonyl (C=O) groups excluding carboxylic acids is 1. The molecule has 1 amide bonds. The first-order valence-electron chi connectivity index (χ1n) is 7.65. The third-order valence-electron chi connectivity index (χ3n) is 4.46. The van der Waals surface area contributed by atoms with Crippen LogP contribution in [-0.2, 0) is 19.4 Å². The third-order valence-corrected chi connectivity index (χ3v) is 6.62. The molecule has 0 saturated carbocycles. The van der Waals surface area contributed by atoms with E-state index in [1.807, 2.05) is 0 Å². The zero-order valence-electron chi connectivity index (χ0n) is 12.2. The van der Waals surface area contributed by atoms with E-state index in [1.165, 1.54) is 0 Å². The average molecular weight is 317 g/mol. The first-order valence-corrected chi connectivity index (χ1v) is 9.37. The summed E-state index contributed by atoms with van der Waals surface area (Å²) in [6.45, 7) is 0.551. The van der Waals surface area contributed by atoms with E-state index in [1.54, 1.807) is 4.90 Å². The number of carboxylic acids is 1. The highest BCUT2D eigenvalue weighted by atomic mass is 32.2. The Labute approximate surface area is 125 Å². The van der Waals surface area contributed by atoms with E-state index in [0.717, 1.165) is 25.7 Å². The van der Waals surface area contributed by atoms with Crippen LogP contribution >= 0.6 is 0 Å². The lowest BCUT2D eigenvalue weighted by Gasteiger charge is -2.38. The summed E-state index contributed by atoms with van der Waals surface area (Å²) >= 11 is 0. The van der Waals surface area contributed by atoms with Gasteiger partial charge < -0.3 is 10.0 Å². The highest BCUT2D eigenvalue weighted by molar-refractivity contribution is 7.92. The Morgan fingerprint density at radius 3 is 2.48 bits per heavy atom. The molecule has 21 heavy (non-hydrogen) atoms. The van der Waals surface area contributed by atoms with Gasteiger partial charge in [-0.2, -0.15) is 0 Å². The van der Waals surface area contributed by atoms with Crippen LogP contribution in [-0.4, -0.2) is 53.9 Å². The number of likely N-dealkylation sites (tertiary alicyclic amines) is 1. The second-order valence-corrected chi connectivity index (χ2v) is 8.27. The molecule has 2 unspecified atom stereocenters. The van der Waals surface area contributed by atoms with Gasteiger partial charge in [0.15, 0.2) is 9.84 Å². The molecule has 2 rings (SSSR count). The number of rotatable bonds is 4. The van der Waals surface area contributed by atoms with E-state index >= 15 is 0 Å². The normalized spacial score (nSPS) is 29.0. The summed E-state index contributed by atoms with van der Waals surface area (Å²) in [5, 5.41) is 7.90. The molecule has 0 aromatic rings.